The maximum absolute atomic E-state index is 6.33. The van der Waals surface area contributed by atoms with E-state index in [1.165, 1.54) is 10.4 Å². The largest absolute Gasteiger partial charge is 0.326 e. The fourth-order valence-electron chi connectivity index (χ4n) is 2.28. The van der Waals surface area contributed by atoms with E-state index in [9.17, 15) is 0 Å². The first-order chi connectivity index (χ1) is 9.51. The fraction of sp³-hybridized carbons (Fsp3) is 0.429. The molecular formula is C14H18BrClN2S2. The highest BCUT2D eigenvalue weighted by atomic mass is 79.9. The number of thiophene rings is 2. The van der Waals surface area contributed by atoms with Crippen LogP contribution in [0.15, 0.2) is 27.4 Å². The van der Waals surface area contributed by atoms with Crippen LogP contribution in [-0.4, -0.2) is 18.0 Å². The van der Waals surface area contributed by atoms with Gasteiger partial charge in [-0.3, -0.25) is 4.90 Å². The Labute approximate surface area is 141 Å². The number of nitrogens with two attached hydrogens (primary N) is 1. The van der Waals surface area contributed by atoms with Crippen molar-refractivity contribution in [2.75, 3.05) is 7.05 Å². The van der Waals surface area contributed by atoms with E-state index in [1.54, 1.807) is 22.7 Å². The lowest BCUT2D eigenvalue weighted by molar-refractivity contribution is 0.205. The number of nitrogens with zero attached hydrogens (tertiary/aromatic N) is 1. The third kappa shape index (κ3) is 4.06. The van der Waals surface area contributed by atoms with Crippen LogP contribution in [0.25, 0.3) is 0 Å². The third-order valence-corrected chi connectivity index (χ3v) is 6.15. The molecule has 0 aromatic carbocycles. The molecule has 2 N–H and O–H groups in total. The third-order valence-electron chi connectivity index (χ3n) is 3.29. The van der Waals surface area contributed by atoms with Gasteiger partial charge in [-0.1, -0.05) is 18.5 Å². The van der Waals surface area contributed by atoms with Crippen LogP contribution in [0.2, 0.25) is 4.34 Å². The summed E-state index contributed by atoms with van der Waals surface area (Å²) in [6.07, 6.45) is 0.942. The number of rotatable bonds is 6. The van der Waals surface area contributed by atoms with Crippen molar-refractivity contribution < 1.29 is 0 Å². The van der Waals surface area contributed by atoms with Crippen molar-refractivity contribution in [2.24, 2.45) is 5.73 Å². The van der Waals surface area contributed by atoms with E-state index in [4.69, 9.17) is 17.3 Å². The normalized spacial score (nSPS) is 14.7. The van der Waals surface area contributed by atoms with Crippen molar-refractivity contribution in [3.05, 3.63) is 42.1 Å². The van der Waals surface area contributed by atoms with Crippen molar-refractivity contribution in [1.29, 1.82) is 0 Å². The molecule has 2 aromatic rings. The number of hydrogen-bond donors (Lipinski definition) is 1. The highest BCUT2D eigenvalue weighted by molar-refractivity contribution is 9.11. The summed E-state index contributed by atoms with van der Waals surface area (Å²) in [7, 11) is 2.12. The van der Waals surface area contributed by atoms with Crippen molar-refractivity contribution in [1.82, 2.24) is 4.90 Å². The van der Waals surface area contributed by atoms with Gasteiger partial charge < -0.3 is 5.73 Å². The molecule has 0 aliphatic rings. The monoisotopic (exact) mass is 392 g/mol. The maximum atomic E-state index is 6.33. The molecule has 110 valence electrons. The van der Waals surface area contributed by atoms with Gasteiger partial charge in [0.1, 0.15) is 0 Å². The molecule has 2 unspecified atom stereocenters. The molecule has 2 nitrogen and oxygen atoms in total. The van der Waals surface area contributed by atoms with E-state index < -0.39 is 0 Å². The minimum Gasteiger partial charge on any atom is -0.326 e. The van der Waals surface area contributed by atoms with Gasteiger partial charge in [0.05, 0.1) is 14.2 Å². The summed E-state index contributed by atoms with van der Waals surface area (Å²) in [6, 6.07) is 6.52. The molecule has 20 heavy (non-hydrogen) atoms. The number of likely N-dealkylation sites (N-methyl/N-ethyl adjacent to an activating group) is 1. The van der Waals surface area contributed by atoms with Crippen LogP contribution in [-0.2, 0) is 6.54 Å². The van der Waals surface area contributed by atoms with Crippen LogP contribution in [0.3, 0.4) is 0 Å². The molecule has 2 atom stereocenters. The summed E-state index contributed by atoms with van der Waals surface area (Å²) >= 11 is 12.9. The van der Waals surface area contributed by atoms with Crippen LogP contribution in [0.1, 0.15) is 29.8 Å². The molecule has 6 heteroatoms. The van der Waals surface area contributed by atoms with Crippen LogP contribution < -0.4 is 5.73 Å². The molecule has 0 aliphatic carbocycles. The van der Waals surface area contributed by atoms with Gasteiger partial charge in [-0.15, -0.1) is 22.7 Å². The highest BCUT2D eigenvalue weighted by Crippen LogP contribution is 2.33. The van der Waals surface area contributed by atoms with E-state index in [-0.39, 0.29) is 12.1 Å². The Bertz CT molecular complexity index is 555. The number of halogens is 2. The SMILES string of the molecule is CCC(N)C(c1ccc(Cl)s1)N(C)Cc1csc(Br)c1. The van der Waals surface area contributed by atoms with Crippen LogP contribution in [0.5, 0.6) is 0 Å². The van der Waals surface area contributed by atoms with Crippen molar-refractivity contribution in [2.45, 2.75) is 32.0 Å². The molecule has 0 saturated carbocycles. The van der Waals surface area contributed by atoms with E-state index in [0.29, 0.717) is 0 Å². The van der Waals surface area contributed by atoms with Gasteiger partial charge in [-0.05, 0) is 58.5 Å². The topological polar surface area (TPSA) is 29.3 Å². The predicted molar refractivity (Wildman–Crippen MR) is 93.8 cm³/mol. The first-order valence-corrected chi connectivity index (χ1v) is 9.32. The van der Waals surface area contributed by atoms with Gasteiger partial charge in [0, 0.05) is 17.5 Å². The summed E-state index contributed by atoms with van der Waals surface area (Å²) in [5, 5.41) is 2.18. The minimum atomic E-state index is 0.108. The summed E-state index contributed by atoms with van der Waals surface area (Å²) in [4.78, 5) is 3.55. The second kappa shape index (κ2) is 7.38. The van der Waals surface area contributed by atoms with Gasteiger partial charge in [0.25, 0.3) is 0 Å². The zero-order valence-electron chi connectivity index (χ0n) is 11.5. The van der Waals surface area contributed by atoms with E-state index in [0.717, 1.165) is 21.1 Å². The van der Waals surface area contributed by atoms with E-state index in [2.05, 4.69) is 52.3 Å². The lowest BCUT2D eigenvalue weighted by Gasteiger charge is -2.31. The molecule has 2 heterocycles. The molecule has 2 aromatic heterocycles. The Hall–Kier alpha value is 0.0900. The Balaban J connectivity index is 2.17. The molecule has 0 saturated heterocycles. The van der Waals surface area contributed by atoms with Gasteiger partial charge in [0.15, 0.2) is 0 Å². The van der Waals surface area contributed by atoms with Crippen LogP contribution in [0, 0.1) is 0 Å². The molecular weight excluding hydrogens is 376 g/mol. The second-order valence-corrected chi connectivity index (χ2v) is 8.87. The lowest BCUT2D eigenvalue weighted by Crippen LogP contribution is -2.38. The number of hydrogen-bond acceptors (Lipinski definition) is 4. The van der Waals surface area contributed by atoms with Gasteiger partial charge in [0.2, 0.25) is 0 Å². The van der Waals surface area contributed by atoms with Gasteiger partial charge in [-0.2, -0.15) is 0 Å². The zero-order valence-corrected chi connectivity index (χ0v) is 15.5. The Morgan fingerprint density at radius 2 is 2.20 bits per heavy atom. The molecule has 0 spiro atoms. The van der Waals surface area contributed by atoms with Gasteiger partial charge in [-0.25, -0.2) is 0 Å². The first-order valence-electron chi connectivity index (χ1n) is 6.45. The average Bonchev–Trinajstić information content (AvgIpc) is 2.99. The van der Waals surface area contributed by atoms with Crippen LogP contribution in [0.4, 0.5) is 0 Å². The van der Waals surface area contributed by atoms with Crippen molar-refractivity contribution in [3.8, 4) is 0 Å². The summed E-state index contributed by atoms with van der Waals surface area (Å²) in [6.45, 7) is 3.01. The highest BCUT2D eigenvalue weighted by Gasteiger charge is 2.25. The molecule has 0 fully saturated rings. The zero-order chi connectivity index (χ0) is 14.7. The van der Waals surface area contributed by atoms with Crippen LogP contribution >= 0.6 is 50.2 Å². The smallest absolute Gasteiger partial charge is 0.0931 e. The molecule has 0 amide bonds. The average molecular weight is 394 g/mol. The molecule has 0 radical (unpaired) electrons. The standard InChI is InChI=1S/C14H18BrClN2S2/c1-3-10(17)14(11-4-5-13(16)20-11)18(2)7-9-6-12(15)19-8-9/h4-6,8,10,14H,3,7,17H2,1-2H3. The van der Waals surface area contributed by atoms with Gasteiger partial charge >= 0.3 is 0 Å². The van der Waals surface area contributed by atoms with E-state index in [1.807, 2.05) is 6.07 Å². The fourth-order valence-corrected chi connectivity index (χ4v) is 4.78. The minimum absolute atomic E-state index is 0.108. The summed E-state index contributed by atoms with van der Waals surface area (Å²) in [5.41, 5.74) is 7.64. The maximum Gasteiger partial charge on any atom is 0.0931 e. The molecule has 0 bridgehead atoms. The quantitative estimate of drug-likeness (QED) is 0.736. The lowest BCUT2D eigenvalue weighted by atomic mass is 10.0. The molecule has 2 rings (SSSR count). The summed E-state index contributed by atoms with van der Waals surface area (Å²) < 4.78 is 1.98. The van der Waals surface area contributed by atoms with Crippen molar-refractivity contribution >= 4 is 50.2 Å². The summed E-state index contributed by atoms with van der Waals surface area (Å²) in [5.74, 6) is 0. The Morgan fingerprint density at radius 3 is 2.70 bits per heavy atom. The molecule has 0 aliphatic heterocycles. The Kier molecular flexibility index (Phi) is 6.08. The predicted octanol–water partition coefficient (Wildman–Crippen LogP) is 5.14. The van der Waals surface area contributed by atoms with E-state index >= 15 is 0 Å². The second-order valence-electron chi connectivity index (χ2n) is 4.83. The Morgan fingerprint density at radius 1 is 1.45 bits per heavy atom. The first kappa shape index (κ1) is 16.5. The van der Waals surface area contributed by atoms with Crippen molar-refractivity contribution in [3.63, 3.8) is 0 Å².